The third kappa shape index (κ3) is 5.91. The lowest BCUT2D eigenvalue weighted by Gasteiger charge is -2.31. The Morgan fingerprint density at radius 2 is 1.08 bits per heavy atom. The van der Waals surface area contributed by atoms with Crippen molar-refractivity contribution in [3.05, 3.63) is 233 Å². The van der Waals surface area contributed by atoms with E-state index in [-0.39, 0.29) is 0 Å². The minimum Gasteiger partial charge on any atom is -0.213 e. The number of rotatable bonds is 8. The maximum absolute atomic E-state index is 5.04. The summed E-state index contributed by atoms with van der Waals surface area (Å²) < 4.78 is 0. The molecular weight excluding hydrogens is 751 g/mol. The number of aryl methyl sites for hydroxylation is 1. The predicted octanol–water partition coefficient (Wildman–Crippen LogP) is 14.7. The number of nitrogens with zero attached hydrogens (tertiary/aromatic N) is 3. The van der Waals surface area contributed by atoms with Crippen molar-refractivity contribution >= 4 is 10.8 Å². The third-order valence-corrected chi connectivity index (χ3v) is 13.1. The van der Waals surface area contributed by atoms with Crippen molar-refractivity contribution in [1.82, 2.24) is 15.0 Å². The average Bonchev–Trinajstić information content (AvgIpc) is 3.79. The molecule has 0 fully saturated rings. The molecule has 1 spiro atoms. The van der Waals surface area contributed by atoms with Crippen molar-refractivity contribution < 1.29 is 0 Å². The molecule has 0 saturated heterocycles. The Balaban J connectivity index is 1.05. The second kappa shape index (κ2) is 15.2. The molecule has 3 heteroatoms. The molecular formula is C59H45N3. The van der Waals surface area contributed by atoms with Crippen molar-refractivity contribution in [2.75, 3.05) is 0 Å². The molecule has 1 heterocycles. The van der Waals surface area contributed by atoms with Gasteiger partial charge in [0.1, 0.15) is 5.82 Å². The molecule has 8 aromatic carbocycles. The van der Waals surface area contributed by atoms with Crippen LogP contribution in [-0.4, -0.2) is 15.0 Å². The lowest BCUT2D eigenvalue weighted by molar-refractivity contribution is 0.794. The van der Waals surface area contributed by atoms with E-state index in [0.717, 1.165) is 28.9 Å². The number of aromatic nitrogens is 3. The first-order chi connectivity index (χ1) is 30.5. The number of hydrogen-bond acceptors (Lipinski definition) is 3. The van der Waals surface area contributed by atoms with Crippen molar-refractivity contribution in [2.24, 2.45) is 0 Å². The van der Waals surface area contributed by atoms with Gasteiger partial charge < -0.3 is 0 Å². The van der Waals surface area contributed by atoms with Crippen LogP contribution in [0.1, 0.15) is 52.5 Å². The standard InChI is InChI=1S/C59H45N3/c1-4-5-6-7-11-31-54-60-57(41-20-9-8-10-21-41)62-58(61-54)44-24-17-23-42(36-44)45-27-18-28-46(39(45)3)43-32-34-49-53(37-43)59(52-35-33-40-22-16-19-38(2)55(40)56(49)52)50-29-14-12-25-47(50)48-26-13-15-30-51(48)59/h4-5,7-30,32-37H,6,31H2,1-3H3/b5-4-,11-7-. The highest BCUT2D eigenvalue weighted by atomic mass is 15.0. The van der Waals surface area contributed by atoms with Crippen molar-refractivity contribution in [3.63, 3.8) is 0 Å². The molecule has 0 atom stereocenters. The Labute approximate surface area is 363 Å². The van der Waals surface area contributed by atoms with Gasteiger partial charge in [-0.3, -0.25) is 0 Å². The van der Waals surface area contributed by atoms with Crippen LogP contribution in [0, 0.1) is 13.8 Å². The molecule has 1 aromatic heterocycles. The highest BCUT2D eigenvalue weighted by Crippen LogP contribution is 2.64. The molecule has 11 rings (SSSR count). The van der Waals surface area contributed by atoms with E-state index in [1.54, 1.807) is 0 Å². The van der Waals surface area contributed by atoms with E-state index in [4.69, 9.17) is 15.0 Å². The summed E-state index contributed by atoms with van der Waals surface area (Å²) in [5, 5.41) is 2.63. The van der Waals surface area contributed by atoms with Gasteiger partial charge in [-0.25, -0.2) is 15.0 Å². The first kappa shape index (κ1) is 37.5. The molecule has 62 heavy (non-hydrogen) atoms. The monoisotopic (exact) mass is 795 g/mol. The predicted molar refractivity (Wildman–Crippen MR) is 257 cm³/mol. The molecule has 0 saturated carbocycles. The van der Waals surface area contributed by atoms with E-state index in [9.17, 15) is 0 Å². The fourth-order valence-electron chi connectivity index (χ4n) is 10.3. The zero-order valence-electron chi connectivity index (χ0n) is 35.2. The van der Waals surface area contributed by atoms with Crippen LogP contribution in [0.5, 0.6) is 0 Å². The van der Waals surface area contributed by atoms with Crippen LogP contribution in [0.2, 0.25) is 0 Å². The lowest BCUT2D eigenvalue weighted by atomic mass is 9.70. The Bertz CT molecular complexity index is 3230. The summed E-state index contributed by atoms with van der Waals surface area (Å²) in [6, 6.07) is 62.4. The van der Waals surface area contributed by atoms with E-state index in [1.165, 1.54) is 83.1 Å². The number of allylic oxidation sites excluding steroid dienone is 4. The van der Waals surface area contributed by atoms with Gasteiger partial charge in [0.2, 0.25) is 0 Å². The molecule has 0 aliphatic heterocycles. The van der Waals surface area contributed by atoms with Crippen LogP contribution in [0.25, 0.3) is 78.1 Å². The largest absolute Gasteiger partial charge is 0.213 e. The Kier molecular flexibility index (Phi) is 9.20. The molecule has 0 N–H and O–H groups in total. The zero-order valence-corrected chi connectivity index (χ0v) is 35.2. The van der Waals surface area contributed by atoms with E-state index >= 15 is 0 Å². The summed E-state index contributed by atoms with van der Waals surface area (Å²) in [6.07, 6.45) is 10.0. The maximum Gasteiger partial charge on any atom is 0.163 e. The second-order valence-electron chi connectivity index (χ2n) is 16.6. The van der Waals surface area contributed by atoms with Crippen molar-refractivity contribution in [2.45, 2.75) is 39.0 Å². The summed E-state index contributed by atoms with van der Waals surface area (Å²) in [5.41, 5.74) is 19.5. The minimum absolute atomic E-state index is 0.436. The molecule has 2 aliphatic rings. The topological polar surface area (TPSA) is 38.7 Å². The highest BCUT2D eigenvalue weighted by molar-refractivity contribution is 6.08. The van der Waals surface area contributed by atoms with E-state index in [0.29, 0.717) is 18.1 Å². The first-order valence-electron chi connectivity index (χ1n) is 21.7. The molecule has 0 amide bonds. The second-order valence-corrected chi connectivity index (χ2v) is 16.6. The Morgan fingerprint density at radius 1 is 0.452 bits per heavy atom. The number of benzene rings is 8. The summed E-state index contributed by atoms with van der Waals surface area (Å²) in [5.74, 6) is 2.11. The lowest BCUT2D eigenvalue weighted by Crippen LogP contribution is -2.25. The van der Waals surface area contributed by atoms with Gasteiger partial charge in [0.05, 0.1) is 5.41 Å². The van der Waals surface area contributed by atoms with Crippen molar-refractivity contribution in [1.29, 1.82) is 0 Å². The normalized spacial score (nSPS) is 13.2. The van der Waals surface area contributed by atoms with Crippen LogP contribution in [0.4, 0.5) is 0 Å². The van der Waals surface area contributed by atoms with E-state index in [1.807, 2.05) is 25.1 Å². The number of fused-ring (bicyclic) bond motifs is 12. The van der Waals surface area contributed by atoms with Gasteiger partial charge in [0.25, 0.3) is 0 Å². The quantitative estimate of drug-likeness (QED) is 0.144. The highest BCUT2D eigenvalue weighted by Gasteiger charge is 2.52. The Morgan fingerprint density at radius 3 is 1.84 bits per heavy atom. The summed E-state index contributed by atoms with van der Waals surface area (Å²) in [4.78, 5) is 15.0. The summed E-state index contributed by atoms with van der Waals surface area (Å²) >= 11 is 0. The minimum atomic E-state index is -0.436. The molecule has 0 radical (unpaired) electrons. The third-order valence-electron chi connectivity index (χ3n) is 13.1. The van der Waals surface area contributed by atoms with Gasteiger partial charge in [-0.15, -0.1) is 0 Å². The van der Waals surface area contributed by atoms with Gasteiger partial charge in [0.15, 0.2) is 11.6 Å². The van der Waals surface area contributed by atoms with Crippen molar-refractivity contribution in [3.8, 4) is 67.3 Å². The fraction of sp³-hybridized carbons (Fsp3) is 0.102. The van der Waals surface area contributed by atoms with Crippen LogP contribution < -0.4 is 0 Å². The van der Waals surface area contributed by atoms with Crippen LogP contribution in [0.3, 0.4) is 0 Å². The molecule has 296 valence electrons. The zero-order chi connectivity index (χ0) is 41.8. The van der Waals surface area contributed by atoms with Crippen LogP contribution in [0.15, 0.2) is 194 Å². The summed E-state index contributed by atoms with van der Waals surface area (Å²) in [6.45, 7) is 6.57. The molecule has 3 nitrogen and oxygen atoms in total. The van der Waals surface area contributed by atoms with Gasteiger partial charge in [-0.05, 0) is 128 Å². The summed E-state index contributed by atoms with van der Waals surface area (Å²) in [7, 11) is 0. The average molecular weight is 796 g/mol. The van der Waals surface area contributed by atoms with Gasteiger partial charge >= 0.3 is 0 Å². The smallest absolute Gasteiger partial charge is 0.163 e. The SMILES string of the molecule is C/C=C\C/C=C\Cc1nc(-c2ccccc2)nc(-c2cccc(-c3cccc(-c4ccc5c(c4)C4(c6ccccc6-c6ccccc64)c4ccc6cccc(C)c6c4-5)c3C)c2)n1. The van der Waals surface area contributed by atoms with Gasteiger partial charge in [0, 0.05) is 17.5 Å². The number of hydrogen-bond donors (Lipinski definition) is 0. The molecule has 9 aromatic rings. The van der Waals surface area contributed by atoms with Crippen LogP contribution in [-0.2, 0) is 11.8 Å². The van der Waals surface area contributed by atoms with Gasteiger partial charge in [-0.2, -0.15) is 0 Å². The maximum atomic E-state index is 5.04. The first-order valence-corrected chi connectivity index (χ1v) is 21.7. The molecule has 2 aliphatic carbocycles. The molecule has 0 bridgehead atoms. The fourth-order valence-corrected chi connectivity index (χ4v) is 10.3. The van der Waals surface area contributed by atoms with E-state index in [2.05, 4.69) is 190 Å². The van der Waals surface area contributed by atoms with E-state index < -0.39 is 5.41 Å². The Hall–Kier alpha value is -7.49. The van der Waals surface area contributed by atoms with Crippen LogP contribution >= 0.6 is 0 Å². The molecule has 0 unspecified atom stereocenters. The van der Waals surface area contributed by atoms with Gasteiger partial charge in [-0.1, -0.05) is 182 Å².